The summed E-state index contributed by atoms with van der Waals surface area (Å²) in [4.78, 5) is 16.5. The topological polar surface area (TPSA) is 44.8 Å². The van der Waals surface area contributed by atoms with Crippen LogP contribution in [0, 0.1) is 0 Å². The van der Waals surface area contributed by atoms with Crippen molar-refractivity contribution in [2.75, 3.05) is 26.7 Å². The highest BCUT2D eigenvalue weighted by Gasteiger charge is 2.29. The number of likely N-dealkylation sites (tertiary alicyclic amines) is 2. The van der Waals surface area contributed by atoms with Gasteiger partial charge in [-0.25, -0.2) is 4.79 Å². The number of carbonyl (C=O) groups is 1. The molecule has 2 rings (SSSR count). The first kappa shape index (κ1) is 17.5. The highest BCUT2D eigenvalue weighted by atomic mass is 16.6. The molecule has 2 saturated heterocycles. The molecule has 0 radical (unpaired) electrons. The third-order valence-corrected chi connectivity index (χ3v) is 4.74. The van der Waals surface area contributed by atoms with Gasteiger partial charge in [-0.05, 0) is 60.4 Å². The van der Waals surface area contributed by atoms with Crippen LogP contribution in [0.25, 0.3) is 0 Å². The highest BCUT2D eigenvalue weighted by Crippen LogP contribution is 2.19. The molecule has 22 heavy (non-hydrogen) atoms. The average molecular weight is 311 g/mol. The third kappa shape index (κ3) is 5.13. The SMILES string of the molecule is CC1CC(NC2CCCN(C(=O)OC(C)(C)C)CC2)CN1C. The molecule has 1 N–H and O–H groups in total. The van der Waals surface area contributed by atoms with Crippen LogP contribution < -0.4 is 5.32 Å². The minimum atomic E-state index is -0.411. The quantitative estimate of drug-likeness (QED) is 0.851. The van der Waals surface area contributed by atoms with E-state index in [1.54, 1.807) is 0 Å². The van der Waals surface area contributed by atoms with Crippen molar-refractivity contribution in [3.8, 4) is 0 Å². The number of hydrogen-bond acceptors (Lipinski definition) is 4. The van der Waals surface area contributed by atoms with Crippen LogP contribution in [0.5, 0.6) is 0 Å². The number of rotatable bonds is 2. The summed E-state index contributed by atoms with van der Waals surface area (Å²) in [5, 5.41) is 3.81. The van der Waals surface area contributed by atoms with Gasteiger partial charge in [0.15, 0.2) is 0 Å². The minimum Gasteiger partial charge on any atom is -0.444 e. The second-order valence-electron chi connectivity index (χ2n) is 7.98. The second-order valence-corrected chi connectivity index (χ2v) is 7.98. The molecule has 2 aliphatic rings. The Morgan fingerprint density at radius 3 is 2.50 bits per heavy atom. The van der Waals surface area contributed by atoms with Crippen LogP contribution >= 0.6 is 0 Å². The molecule has 0 aliphatic carbocycles. The Morgan fingerprint density at radius 1 is 1.18 bits per heavy atom. The van der Waals surface area contributed by atoms with Crippen LogP contribution in [-0.4, -0.2) is 66.3 Å². The zero-order valence-electron chi connectivity index (χ0n) is 14.9. The fourth-order valence-electron chi connectivity index (χ4n) is 3.42. The molecule has 0 aromatic carbocycles. The summed E-state index contributed by atoms with van der Waals surface area (Å²) in [7, 11) is 2.20. The largest absolute Gasteiger partial charge is 0.444 e. The van der Waals surface area contributed by atoms with Crippen molar-refractivity contribution in [3.63, 3.8) is 0 Å². The first-order chi connectivity index (χ1) is 10.2. The van der Waals surface area contributed by atoms with Gasteiger partial charge in [0.25, 0.3) is 0 Å². The number of likely N-dealkylation sites (N-methyl/N-ethyl adjacent to an activating group) is 1. The molecule has 0 aromatic heterocycles. The summed E-state index contributed by atoms with van der Waals surface area (Å²) in [6.45, 7) is 10.8. The van der Waals surface area contributed by atoms with Crippen LogP contribution in [0.4, 0.5) is 4.79 Å². The molecule has 3 unspecified atom stereocenters. The number of nitrogens with zero attached hydrogens (tertiary/aromatic N) is 2. The van der Waals surface area contributed by atoms with Gasteiger partial charge in [-0.2, -0.15) is 0 Å². The van der Waals surface area contributed by atoms with Crippen molar-refractivity contribution in [3.05, 3.63) is 0 Å². The molecule has 0 spiro atoms. The molecule has 0 saturated carbocycles. The van der Waals surface area contributed by atoms with Crippen molar-refractivity contribution in [2.24, 2.45) is 0 Å². The molecule has 3 atom stereocenters. The van der Waals surface area contributed by atoms with E-state index in [-0.39, 0.29) is 6.09 Å². The molecule has 5 heteroatoms. The molecule has 0 bridgehead atoms. The Hall–Kier alpha value is -0.810. The van der Waals surface area contributed by atoms with Gasteiger partial charge < -0.3 is 19.9 Å². The maximum atomic E-state index is 12.2. The lowest BCUT2D eigenvalue weighted by Crippen LogP contribution is -2.41. The van der Waals surface area contributed by atoms with E-state index in [1.165, 1.54) is 6.42 Å². The van der Waals surface area contributed by atoms with E-state index in [2.05, 4.69) is 24.2 Å². The van der Waals surface area contributed by atoms with Gasteiger partial charge in [-0.3, -0.25) is 0 Å². The van der Waals surface area contributed by atoms with Crippen molar-refractivity contribution in [1.82, 2.24) is 15.1 Å². The second kappa shape index (κ2) is 7.18. The van der Waals surface area contributed by atoms with E-state index in [4.69, 9.17) is 4.74 Å². The van der Waals surface area contributed by atoms with Crippen molar-refractivity contribution < 1.29 is 9.53 Å². The van der Waals surface area contributed by atoms with Gasteiger partial charge in [0.1, 0.15) is 5.60 Å². The molecule has 1 amide bonds. The van der Waals surface area contributed by atoms with Crippen LogP contribution in [0.1, 0.15) is 53.4 Å². The number of carbonyl (C=O) groups excluding carboxylic acids is 1. The summed E-state index contributed by atoms with van der Waals surface area (Å²) in [6.07, 6.45) is 4.28. The van der Waals surface area contributed by atoms with Gasteiger partial charge in [0.2, 0.25) is 0 Å². The molecule has 2 heterocycles. The summed E-state index contributed by atoms with van der Waals surface area (Å²) >= 11 is 0. The first-order valence-electron chi connectivity index (χ1n) is 8.69. The molecule has 2 aliphatic heterocycles. The molecule has 0 aromatic rings. The number of hydrogen-bond donors (Lipinski definition) is 1. The summed E-state index contributed by atoms with van der Waals surface area (Å²) in [5.74, 6) is 0. The predicted octanol–water partition coefficient (Wildman–Crippen LogP) is 2.46. The normalized spacial score (nSPS) is 31.1. The van der Waals surface area contributed by atoms with Crippen molar-refractivity contribution in [2.45, 2.75) is 77.1 Å². The average Bonchev–Trinajstić information content (AvgIpc) is 2.60. The van der Waals surface area contributed by atoms with Crippen LogP contribution in [0.3, 0.4) is 0 Å². The Labute approximate surface area is 135 Å². The number of ether oxygens (including phenoxy) is 1. The molecule has 5 nitrogen and oxygen atoms in total. The highest BCUT2D eigenvalue weighted by molar-refractivity contribution is 5.68. The molecule has 2 fully saturated rings. The molecular formula is C17H33N3O2. The maximum absolute atomic E-state index is 12.2. The van der Waals surface area contributed by atoms with Gasteiger partial charge in [-0.1, -0.05) is 0 Å². The Morgan fingerprint density at radius 2 is 1.91 bits per heavy atom. The minimum absolute atomic E-state index is 0.164. The first-order valence-corrected chi connectivity index (χ1v) is 8.69. The van der Waals surface area contributed by atoms with E-state index >= 15 is 0 Å². The third-order valence-electron chi connectivity index (χ3n) is 4.74. The summed E-state index contributed by atoms with van der Waals surface area (Å²) in [5.41, 5.74) is -0.411. The van der Waals surface area contributed by atoms with Crippen LogP contribution in [-0.2, 0) is 4.74 Å². The van der Waals surface area contributed by atoms with Crippen LogP contribution in [0.2, 0.25) is 0 Å². The van der Waals surface area contributed by atoms with E-state index in [0.717, 1.165) is 38.9 Å². The number of amides is 1. The standard InChI is InChI=1S/C17H33N3O2/c1-13-11-15(12-19(13)5)18-14-7-6-9-20(10-8-14)16(21)22-17(2,3)4/h13-15,18H,6-12H2,1-5H3. The van der Waals surface area contributed by atoms with Gasteiger partial charge in [0, 0.05) is 37.8 Å². The van der Waals surface area contributed by atoms with Crippen molar-refractivity contribution in [1.29, 1.82) is 0 Å². The Balaban J connectivity index is 1.79. The van der Waals surface area contributed by atoms with Gasteiger partial charge in [-0.15, -0.1) is 0 Å². The Kier molecular flexibility index (Phi) is 5.72. The monoisotopic (exact) mass is 311 g/mol. The van der Waals surface area contributed by atoms with Crippen molar-refractivity contribution >= 4 is 6.09 Å². The summed E-state index contributed by atoms with van der Waals surface area (Å²) in [6, 6.07) is 1.79. The van der Waals surface area contributed by atoms with Gasteiger partial charge >= 0.3 is 6.09 Å². The number of nitrogens with one attached hydrogen (secondary N) is 1. The molecular weight excluding hydrogens is 278 g/mol. The fourth-order valence-corrected chi connectivity index (χ4v) is 3.42. The van der Waals surface area contributed by atoms with E-state index < -0.39 is 5.60 Å². The lowest BCUT2D eigenvalue weighted by atomic mass is 10.1. The van der Waals surface area contributed by atoms with E-state index in [9.17, 15) is 4.79 Å². The maximum Gasteiger partial charge on any atom is 0.410 e. The lowest BCUT2D eigenvalue weighted by molar-refractivity contribution is 0.0256. The summed E-state index contributed by atoms with van der Waals surface area (Å²) < 4.78 is 5.49. The smallest absolute Gasteiger partial charge is 0.410 e. The van der Waals surface area contributed by atoms with Crippen LogP contribution in [0.15, 0.2) is 0 Å². The molecule has 128 valence electrons. The van der Waals surface area contributed by atoms with Gasteiger partial charge in [0.05, 0.1) is 0 Å². The zero-order chi connectivity index (χ0) is 16.3. The van der Waals surface area contributed by atoms with E-state index in [0.29, 0.717) is 18.1 Å². The predicted molar refractivity (Wildman–Crippen MR) is 89.1 cm³/mol. The van der Waals surface area contributed by atoms with E-state index in [1.807, 2.05) is 25.7 Å². The lowest BCUT2D eigenvalue weighted by Gasteiger charge is -2.26. The zero-order valence-corrected chi connectivity index (χ0v) is 14.9. The fraction of sp³-hybridized carbons (Fsp3) is 0.941. The Bertz CT molecular complexity index is 371.